The van der Waals surface area contributed by atoms with Gasteiger partial charge in [-0.1, -0.05) is 22.9 Å². The molecule has 0 fully saturated rings. The van der Waals surface area contributed by atoms with Gasteiger partial charge in [-0.25, -0.2) is 0 Å². The third-order valence-electron chi connectivity index (χ3n) is 2.57. The third-order valence-corrected chi connectivity index (χ3v) is 3.06. The maximum atomic E-state index is 11.0. The summed E-state index contributed by atoms with van der Waals surface area (Å²) in [4.78, 5) is 10.6. The Bertz CT molecular complexity index is 406. The number of nitrogens with one attached hydrogen (secondary N) is 1. The second-order valence-electron chi connectivity index (χ2n) is 3.94. The Morgan fingerprint density at radius 2 is 2.28 bits per heavy atom. The Balaban J connectivity index is 2.92. The maximum Gasteiger partial charge on any atom is 0.272 e. The Morgan fingerprint density at radius 3 is 2.83 bits per heavy atom. The van der Waals surface area contributed by atoms with Crippen molar-refractivity contribution in [3.05, 3.63) is 38.3 Å². The van der Waals surface area contributed by atoms with E-state index >= 15 is 0 Å². The highest BCUT2D eigenvalue weighted by atomic mass is 79.9. The second kappa shape index (κ2) is 7.45. The molecule has 0 bridgehead atoms. The smallest absolute Gasteiger partial charge is 0.272 e. The van der Waals surface area contributed by atoms with Gasteiger partial charge in [0.25, 0.3) is 5.69 Å². The summed E-state index contributed by atoms with van der Waals surface area (Å²) in [6, 6.07) is 5.07. The average molecular weight is 317 g/mol. The lowest BCUT2D eigenvalue weighted by atomic mass is 10.0. The van der Waals surface area contributed by atoms with Crippen molar-refractivity contribution in [1.29, 1.82) is 0 Å². The number of hydrogen-bond acceptors (Lipinski definition) is 4. The Morgan fingerprint density at radius 1 is 1.56 bits per heavy atom. The molecule has 1 aromatic rings. The minimum atomic E-state index is -0.350. The largest absolute Gasteiger partial charge is 0.383 e. The van der Waals surface area contributed by atoms with E-state index in [1.165, 1.54) is 6.07 Å². The van der Waals surface area contributed by atoms with Crippen LogP contribution in [0.4, 0.5) is 5.69 Å². The van der Waals surface area contributed by atoms with Gasteiger partial charge >= 0.3 is 0 Å². The predicted molar refractivity (Wildman–Crippen MR) is 73.8 cm³/mol. The molecule has 0 spiro atoms. The topological polar surface area (TPSA) is 64.4 Å². The molecule has 0 radical (unpaired) electrons. The van der Waals surface area contributed by atoms with E-state index in [1.54, 1.807) is 19.2 Å². The second-order valence-corrected chi connectivity index (χ2v) is 4.86. The van der Waals surface area contributed by atoms with Gasteiger partial charge in [-0.15, -0.1) is 0 Å². The fourth-order valence-electron chi connectivity index (χ4n) is 1.84. The Hall–Kier alpha value is -0.980. The molecular formula is C12H17BrN2O3. The van der Waals surface area contributed by atoms with Crippen molar-refractivity contribution in [3.8, 4) is 0 Å². The highest BCUT2D eigenvalue weighted by Crippen LogP contribution is 2.24. The first kappa shape index (κ1) is 15.1. The van der Waals surface area contributed by atoms with Crippen LogP contribution in [0.5, 0.6) is 0 Å². The molecule has 1 N–H and O–H groups in total. The van der Waals surface area contributed by atoms with Crippen LogP contribution in [0.1, 0.15) is 12.5 Å². The number of methoxy groups -OCH3 is 1. The monoisotopic (exact) mass is 316 g/mol. The van der Waals surface area contributed by atoms with Gasteiger partial charge < -0.3 is 10.1 Å². The number of nitro benzene ring substituents is 1. The number of likely N-dealkylation sites (N-methyl/N-ethyl adjacent to an activating group) is 1. The minimum Gasteiger partial charge on any atom is -0.383 e. The SMILES string of the molecule is CCNC(COC)Cc1cc(Br)ccc1[N+](=O)[O-]. The average Bonchev–Trinajstić information content (AvgIpc) is 2.29. The van der Waals surface area contributed by atoms with Gasteiger partial charge in [0.2, 0.25) is 0 Å². The number of nitrogens with zero attached hydrogens (tertiary/aromatic N) is 1. The van der Waals surface area contributed by atoms with Gasteiger partial charge in [0, 0.05) is 29.3 Å². The molecular weight excluding hydrogens is 300 g/mol. The lowest BCUT2D eigenvalue weighted by Crippen LogP contribution is -2.35. The molecule has 18 heavy (non-hydrogen) atoms. The van der Waals surface area contributed by atoms with Crippen LogP contribution < -0.4 is 5.32 Å². The number of nitro groups is 1. The minimum absolute atomic E-state index is 0.0769. The van der Waals surface area contributed by atoms with Crippen molar-refractivity contribution < 1.29 is 9.66 Å². The zero-order chi connectivity index (χ0) is 13.5. The number of benzene rings is 1. The summed E-state index contributed by atoms with van der Waals surface area (Å²) in [6.07, 6.45) is 0.567. The van der Waals surface area contributed by atoms with Crippen LogP contribution in [0.2, 0.25) is 0 Å². The first-order valence-electron chi connectivity index (χ1n) is 5.73. The Labute approximate surface area is 115 Å². The molecule has 1 aromatic carbocycles. The summed E-state index contributed by atoms with van der Waals surface area (Å²) in [5.74, 6) is 0. The number of rotatable bonds is 7. The van der Waals surface area contributed by atoms with E-state index in [0.29, 0.717) is 18.6 Å². The fraction of sp³-hybridized carbons (Fsp3) is 0.500. The number of ether oxygens (including phenoxy) is 1. The predicted octanol–water partition coefficient (Wildman–Crippen LogP) is 2.52. The summed E-state index contributed by atoms with van der Waals surface area (Å²) < 4.78 is 5.96. The van der Waals surface area contributed by atoms with Gasteiger partial charge in [-0.05, 0) is 25.1 Å². The lowest BCUT2D eigenvalue weighted by Gasteiger charge is -2.17. The quantitative estimate of drug-likeness (QED) is 0.620. The first-order valence-corrected chi connectivity index (χ1v) is 6.53. The van der Waals surface area contributed by atoms with E-state index in [2.05, 4.69) is 21.2 Å². The zero-order valence-electron chi connectivity index (χ0n) is 10.5. The van der Waals surface area contributed by atoms with E-state index in [9.17, 15) is 10.1 Å². The molecule has 0 aliphatic heterocycles. The molecule has 0 amide bonds. The molecule has 0 aromatic heterocycles. The van der Waals surface area contributed by atoms with Crippen LogP contribution in [0, 0.1) is 10.1 Å². The molecule has 6 heteroatoms. The summed E-state index contributed by atoms with van der Waals surface area (Å²) in [5.41, 5.74) is 0.856. The molecule has 0 aliphatic carbocycles. The summed E-state index contributed by atoms with van der Waals surface area (Å²) in [6.45, 7) is 3.32. The van der Waals surface area contributed by atoms with Crippen molar-refractivity contribution in [1.82, 2.24) is 5.32 Å². The van der Waals surface area contributed by atoms with Crippen molar-refractivity contribution in [2.24, 2.45) is 0 Å². The normalized spacial score (nSPS) is 12.4. The number of hydrogen-bond donors (Lipinski definition) is 1. The molecule has 1 rings (SSSR count). The highest BCUT2D eigenvalue weighted by molar-refractivity contribution is 9.10. The number of halogens is 1. The van der Waals surface area contributed by atoms with Crippen molar-refractivity contribution in [2.45, 2.75) is 19.4 Å². The van der Waals surface area contributed by atoms with Gasteiger partial charge in [0.05, 0.1) is 11.5 Å². The summed E-state index contributed by atoms with van der Waals surface area (Å²) in [7, 11) is 1.62. The summed E-state index contributed by atoms with van der Waals surface area (Å²) >= 11 is 3.34. The van der Waals surface area contributed by atoms with Gasteiger partial charge in [-0.2, -0.15) is 0 Å². The van der Waals surface area contributed by atoms with Crippen molar-refractivity contribution in [2.75, 3.05) is 20.3 Å². The van der Waals surface area contributed by atoms with Crippen LogP contribution in [0.3, 0.4) is 0 Å². The van der Waals surface area contributed by atoms with Crippen LogP contribution in [0.15, 0.2) is 22.7 Å². The molecule has 1 atom stereocenters. The van der Waals surface area contributed by atoms with Crippen molar-refractivity contribution in [3.63, 3.8) is 0 Å². The van der Waals surface area contributed by atoms with E-state index in [4.69, 9.17) is 4.74 Å². The molecule has 0 saturated heterocycles. The van der Waals surface area contributed by atoms with Gasteiger partial charge in [0.1, 0.15) is 0 Å². The van der Waals surface area contributed by atoms with Crippen LogP contribution in [-0.4, -0.2) is 31.2 Å². The van der Waals surface area contributed by atoms with Crippen LogP contribution >= 0.6 is 15.9 Å². The molecule has 0 saturated carbocycles. The third kappa shape index (κ3) is 4.36. The molecule has 0 aliphatic rings. The standard InChI is InChI=1S/C12H17BrN2O3/c1-3-14-11(8-18-2)7-9-6-10(13)4-5-12(9)15(16)17/h4-6,11,14H,3,7-8H2,1-2H3. The first-order chi connectivity index (χ1) is 8.58. The molecule has 0 heterocycles. The zero-order valence-corrected chi connectivity index (χ0v) is 12.1. The van der Waals surface area contributed by atoms with Gasteiger partial charge in [0.15, 0.2) is 0 Å². The van der Waals surface area contributed by atoms with E-state index in [1.807, 2.05) is 6.92 Å². The van der Waals surface area contributed by atoms with Crippen molar-refractivity contribution >= 4 is 21.6 Å². The fourth-order valence-corrected chi connectivity index (χ4v) is 2.25. The summed E-state index contributed by atoms with van der Waals surface area (Å²) in [5, 5.41) is 14.2. The molecule has 1 unspecified atom stereocenters. The maximum absolute atomic E-state index is 11.0. The van der Waals surface area contributed by atoms with E-state index in [-0.39, 0.29) is 16.7 Å². The lowest BCUT2D eigenvalue weighted by molar-refractivity contribution is -0.385. The molecule has 100 valence electrons. The highest BCUT2D eigenvalue weighted by Gasteiger charge is 2.17. The molecule has 5 nitrogen and oxygen atoms in total. The van der Waals surface area contributed by atoms with E-state index < -0.39 is 0 Å². The van der Waals surface area contributed by atoms with Gasteiger partial charge in [-0.3, -0.25) is 10.1 Å². The van der Waals surface area contributed by atoms with Crippen LogP contribution in [-0.2, 0) is 11.2 Å². The van der Waals surface area contributed by atoms with Crippen LogP contribution in [0.25, 0.3) is 0 Å². The Kier molecular flexibility index (Phi) is 6.24. The van der Waals surface area contributed by atoms with E-state index in [0.717, 1.165) is 11.0 Å².